The van der Waals surface area contributed by atoms with Gasteiger partial charge in [0.2, 0.25) is 17.7 Å². The Morgan fingerprint density at radius 2 is 1.70 bits per heavy atom. The van der Waals surface area contributed by atoms with Crippen LogP contribution in [-0.2, 0) is 25.6 Å². The molecule has 1 aromatic rings. The van der Waals surface area contributed by atoms with Crippen molar-refractivity contribution in [3.63, 3.8) is 0 Å². The molecule has 5 unspecified atom stereocenters. The number of carboxylic acid groups (broad SMARTS) is 1. The Labute approximate surface area is 216 Å². The van der Waals surface area contributed by atoms with Gasteiger partial charge in [-0.05, 0) is 24.7 Å². The number of aliphatic carboxylic acids is 1. The normalized spacial score (nSPS) is 15.1. The monoisotopic (exact) mass is 523 g/mol. The molecule has 0 spiro atoms. The second kappa shape index (κ2) is 15.4. The number of nitrogens with one attached hydrogen (secondary N) is 4. The van der Waals surface area contributed by atoms with Crippen LogP contribution in [0.25, 0.3) is 0 Å². The molecule has 1 aromatic heterocycles. The molecule has 0 saturated heterocycles. The van der Waals surface area contributed by atoms with E-state index in [1.807, 2.05) is 6.92 Å². The van der Waals surface area contributed by atoms with Crippen LogP contribution < -0.4 is 33.2 Å². The van der Waals surface area contributed by atoms with Gasteiger partial charge in [-0.25, -0.2) is 9.78 Å². The average Bonchev–Trinajstić information content (AvgIpc) is 3.34. The first kappa shape index (κ1) is 31.4. The van der Waals surface area contributed by atoms with E-state index in [1.165, 1.54) is 6.33 Å². The summed E-state index contributed by atoms with van der Waals surface area (Å²) in [5.41, 5.74) is 17.3. The highest BCUT2D eigenvalue weighted by Crippen LogP contribution is 2.10. The zero-order valence-electron chi connectivity index (χ0n) is 21.9. The molecule has 37 heavy (non-hydrogen) atoms. The summed E-state index contributed by atoms with van der Waals surface area (Å²) in [5.74, 6) is -3.75. The van der Waals surface area contributed by atoms with Crippen LogP contribution in [0, 0.1) is 11.8 Å². The predicted octanol–water partition coefficient (Wildman–Crippen LogP) is -1.43. The molecule has 0 aliphatic carbocycles. The molecule has 11 N–H and O–H groups in total. The molecular formula is C23H41N9O5. The molecule has 1 rings (SSSR count). The lowest BCUT2D eigenvalue weighted by Crippen LogP contribution is -2.59. The number of nitrogens with two attached hydrogens (primary N) is 3. The number of imidazole rings is 1. The van der Waals surface area contributed by atoms with Crippen molar-refractivity contribution >= 4 is 29.7 Å². The maximum atomic E-state index is 13.2. The van der Waals surface area contributed by atoms with E-state index in [1.54, 1.807) is 27.0 Å². The number of aliphatic imine (C=N–C) groups is 1. The lowest BCUT2D eigenvalue weighted by molar-refractivity contribution is -0.144. The summed E-state index contributed by atoms with van der Waals surface area (Å²) in [7, 11) is 0. The number of carbonyl (C=O) groups is 4. The SMILES string of the molecule is CCC(C)C(NC(=O)C(CCCN=C(N)N)NC(=O)C(NC(=O)C(N)Cc1cnc[nH]1)C(C)C)C(=O)O. The summed E-state index contributed by atoms with van der Waals surface area (Å²) >= 11 is 0. The van der Waals surface area contributed by atoms with Gasteiger partial charge in [-0.15, -0.1) is 0 Å². The van der Waals surface area contributed by atoms with E-state index in [-0.39, 0.29) is 37.2 Å². The summed E-state index contributed by atoms with van der Waals surface area (Å²) < 4.78 is 0. The van der Waals surface area contributed by atoms with Gasteiger partial charge >= 0.3 is 5.97 Å². The Balaban J connectivity index is 2.98. The summed E-state index contributed by atoms with van der Waals surface area (Å²) in [5, 5.41) is 17.4. The fourth-order valence-electron chi connectivity index (χ4n) is 3.49. The van der Waals surface area contributed by atoms with E-state index >= 15 is 0 Å². The Morgan fingerprint density at radius 3 is 2.22 bits per heavy atom. The average molecular weight is 524 g/mol. The highest BCUT2D eigenvalue weighted by Gasteiger charge is 2.32. The smallest absolute Gasteiger partial charge is 0.326 e. The van der Waals surface area contributed by atoms with E-state index in [0.29, 0.717) is 18.5 Å². The molecule has 5 atom stereocenters. The minimum Gasteiger partial charge on any atom is -0.480 e. The van der Waals surface area contributed by atoms with E-state index in [0.717, 1.165) is 0 Å². The van der Waals surface area contributed by atoms with Crippen molar-refractivity contribution in [2.45, 2.75) is 77.5 Å². The van der Waals surface area contributed by atoms with E-state index in [2.05, 4.69) is 30.9 Å². The second-order valence-corrected chi connectivity index (χ2v) is 9.34. The lowest BCUT2D eigenvalue weighted by atomic mass is 9.98. The predicted molar refractivity (Wildman–Crippen MR) is 138 cm³/mol. The van der Waals surface area contributed by atoms with Crippen molar-refractivity contribution in [3.05, 3.63) is 18.2 Å². The van der Waals surface area contributed by atoms with Crippen LogP contribution >= 0.6 is 0 Å². The van der Waals surface area contributed by atoms with Crippen LogP contribution in [0.2, 0.25) is 0 Å². The first-order valence-corrected chi connectivity index (χ1v) is 12.3. The number of hydrogen-bond acceptors (Lipinski definition) is 7. The zero-order chi connectivity index (χ0) is 28.1. The van der Waals surface area contributed by atoms with Crippen molar-refractivity contribution < 1.29 is 24.3 Å². The molecule has 0 bridgehead atoms. The van der Waals surface area contributed by atoms with Gasteiger partial charge in [-0.3, -0.25) is 19.4 Å². The molecule has 14 nitrogen and oxygen atoms in total. The number of aromatic nitrogens is 2. The third kappa shape index (κ3) is 10.9. The van der Waals surface area contributed by atoms with Gasteiger partial charge in [0.05, 0.1) is 12.4 Å². The zero-order valence-corrected chi connectivity index (χ0v) is 21.9. The molecule has 0 aromatic carbocycles. The maximum absolute atomic E-state index is 13.2. The van der Waals surface area contributed by atoms with E-state index < -0.39 is 47.9 Å². The summed E-state index contributed by atoms with van der Waals surface area (Å²) in [6.07, 6.45) is 4.22. The van der Waals surface area contributed by atoms with Crippen molar-refractivity contribution in [1.82, 2.24) is 25.9 Å². The number of nitrogens with zero attached hydrogens (tertiary/aromatic N) is 2. The van der Waals surface area contributed by atoms with Crippen LogP contribution in [0.3, 0.4) is 0 Å². The maximum Gasteiger partial charge on any atom is 0.326 e. The third-order valence-corrected chi connectivity index (χ3v) is 5.93. The number of H-pyrrole nitrogens is 1. The second-order valence-electron chi connectivity index (χ2n) is 9.34. The summed E-state index contributed by atoms with van der Waals surface area (Å²) in [6.45, 7) is 7.21. The fourth-order valence-corrected chi connectivity index (χ4v) is 3.49. The molecule has 1 heterocycles. The Morgan fingerprint density at radius 1 is 1.05 bits per heavy atom. The molecule has 0 radical (unpaired) electrons. The number of rotatable bonds is 16. The van der Waals surface area contributed by atoms with Gasteiger partial charge in [0.1, 0.15) is 18.1 Å². The van der Waals surface area contributed by atoms with Crippen molar-refractivity contribution in [1.29, 1.82) is 0 Å². The molecule has 14 heteroatoms. The van der Waals surface area contributed by atoms with Gasteiger partial charge in [0.15, 0.2) is 5.96 Å². The number of hydrogen-bond donors (Lipinski definition) is 8. The van der Waals surface area contributed by atoms with Gasteiger partial charge in [-0.1, -0.05) is 34.1 Å². The summed E-state index contributed by atoms with van der Waals surface area (Å²) in [4.78, 5) is 61.2. The first-order chi connectivity index (χ1) is 17.4. The minimum absolute atomic E-state index is 0.109. The number of carboxylic acids is 1. The Hall–Kier alpha value is -3.68. The molecule has 0 saturated carbocycles. The number of amides is 3. The van der Waals surface area contributed by atoms with Crippen LogP contribution in [-0.4, -0.2) is 75.4 Å². The van der Waals surface area contributed by atoms with Crippen molar-refractivity contribution in [2.75, 3.05) is 6.54 Å². The van der Waals surface area contributed by atoms with E-state index in [9.17, 15) is 24.3 Å². The standard InChI is InChI=1S/C23H41N9O5/c1-5-13(4)18(22(36)37)32-20(34)16(7-6-8-28-23(25)26)30-21(35)17(12(2)3)31-19(33)15(24)9-14-10-27-11-29-14/h10-13,15-18H,5-9,24H2,1-4H3,(H,27,29)(H,30,35)(H,31,33)(H,32,34)(H,36,37)(H4,25,26,28). The first-order valence-electron chi connectivity index (χ1n) is 12.3. The Kier molecular flexibility index (Phi) is 13.1. The van der Waals surface area contributed by atoms with Crippen LogP contribution in [0.5, 0.6) is 0 Å². The Bertz CT molecular complexity index is 916. The highest BCUT2D eigenvalue weighted by atomic mass is 16.4. The van der Waals surface area contributed by atoms with Crippen molar-refractivity contribution in [2.24, 2.45) is 34.0 Å². The van der Waals surface area contributed by atoms with Gasteiger partial charge in [-0.2, -0.15) is 0 Å². The quantitative estimate of drug-likeness (QED) is 0.0718. The minimum atomic E-state index is -1.17. The largest absolute Gasteiger partial charge is 0.480 e. The van der Waals surface area contributed by atoms with Crippen molar-refractivity contribution in [3.8, 4) is 0 Å². The van der Waals surface area contributed by atoms with Gasteiger partial charge in [0.25, 0.3) is 0 Å². The number of aromatic amines is 1. The van der Waals surface area contributed by atoms with Crippen LogP contribution in [0.15, 0.2) is 17.5 Å². The number of guanidine groups is 1. The molecular weight excluding hydrogens is 482 g/mol. The number of carbonyl (C=O) groups excluding carboxylic acids is 3. The van der Waals surface area contributed by atoms with Gasteiger partial charge < -0.3 is 43.2 Å². The topological polar surface area (TPSA) is 244 Å². The molecule has 0 fully saturated rings. The molecule has 0 aliphatic heterocycles. The third-order valence-electron chi connectivity index (χ3n) is 5.93. The van der Waals surface area contributed by atoms with Gasteiger partial charge in [0, 0.05) is 24.9 Å². The molecule has 0 aliphatic rings. The lowest BCUT2D eigenvalue weighted by Gasteiger charge is -2.28. The van der Waals surface area contributed by atoms with E-state index in [4.69, 9.17) is 17.2 Å². The highest BCUT2D eigenvalue weighted by molar-refractivity contribution is 5.94. The van der Waals surface area contributed by atoms with Crippen LogP contribution in [0.4, 0.5) is 0 Å². The molecule has 3 amide bonds. The molecule has 208 valence electrons. The van der Waals surface area contributed by atoms with Crippen LogP contribution in [0.1, 0.15) is 52.7 Å². The summed E-state index contributed by atoms with van der Waals surface area (Å²) in [6, 6.07) is -4.13. The fraction of sp³-hybridized carbons (Fsp3) is 0.652.